The molecule has 162 valence electrons. The Labute approximate surface area is 179 Å². The number of aliphatic hydroxyl groups is 1. The maximum atomic E-state index is 12.7. The molecule has 2 atom stereocenters. The Morgan fingerprint density at radius 3 is 2.69 bits per heavy atom. The molecule has 0 saturated heterocycles. The summed E-state index contributed by atoms with van der Waals surface area (Å²) < 4.78 is 11.2. The van der Waals surface area contributed by atoms with E-state index < -0.39 is 0 Å². The molecule has 1 amide bonds. The number of rotatable bonds is 9. The Hall–Kier alpha value is -1.86. The van der Waals surface area contributed by atoms with E-state index in [-0.39, 0.29) is 30.5 Å². The zero-order chi connectivity index (χ0) is 21.4. The van der Waals surface area contributed by atoms with Gasteiger partial charge in [-0.25, -0.2) is 0 Å². The van der Waals surface area contributed by atoms with Crippen molar-refractivity contribution in [1.82, 2.24) is 5.32 Å². The van der Waals surface area contributed by atoms with E-state index in [2.05, 4.69) is 5.32 Å². The van der Waals surface area contributed by atoms with Gasteiger partial charge in [0.25, 0.3) is 0 Å². The first kappa shape index (κ1) is 23.4. The maximum absolute atomic E-state index is 12.7. The van der Waals surface area contributed by atoms with E-state index in [0.29, 0.717) is 24.7 Å². The zero-order valence-electron chi connectivity index (χ0n) is 17.9. The fourth-order valence-corrected chi connectivity index (χ4v) is 3.79. The molecular formula is C22H34N2O4S. The number of carbonyl (C=O) groups excluding carboxylic acids is 1. The van der Waals surface area contributed by atoms with Crippen LogP contribution < -0.4 is 15.0 Å². The van der Waals surface area contributed by atoms with Crippen LogP contribution in [0.3, 0.4) is 0 Å². The highest BCUT2D eigenvalue weighted by atomic mass is 32.1. The van der Waals surface area contributed by atoms with Gasteiger partial charge in [0, 0.05) is 25.7 Å². The molecule has 1 aromatic carbocycles. The monoisotopic (exact) mass is 422 g/mol. The molecule has 0 fully saturated rings. The van der Waals surface area contributed by atoms with Gasteiger partial charge in [-0.2, -0.15) is 0 Å². The number of hydrogen-bond acceptors (Lipinski definition) is 6. The molecule has 1 heterocycles. The molecule has 2 rings (SSSR count). The van der Waals surface area contributed by atoms with Crippen molar-refractivity contribution in [3.8, 4) is 5.75 Å². The van der Waals surface area contributed by atoms with E-state index in [0.717, 1.165) is 36.3 Å². The average molecular weight is 423 g/mol. The quantitative estimate of drug-likeness (QED) is 0.471. The first-order valence-electron chi connectivity index (χ1n) is 10.4. The predicted molar refractivity (Wildman–Crippen MR) is 120 cm³/mol. The number of ether oxygens (including phenoxy) is 2. The molecule has 7 heteroatoms. The highest BCUT2D eigenvalue weighted by molar-refractivity contribution is 7.80. The fourth-order valence-electron chi connectivity index (χ4n) is 3.71. The smallest absolute Gasteiger partial charge is 0.243 e. The van der Waals surface area contributed by atoms with Gasteiger partial charge in [-0.3, -0.25) is 4.79 Å². The minimum Gasteiger partial charge on any atom is -0.494 e. The van der Waals surface area contributed by atoms with Crippen LogP contribution in [0.15, 0.2) is 18.2 Å². The number of benzene rings is 1. The molecule has 0 radical (unpaired) electrons. The fraction of sp³-hybridized carbons (Fsp3) is 0.636. The number of aliphatic hydroxyl groups excluding tert-OH is 1. The van der Waals surface area contributed by atoms with E-state index in [1.54, 1.807) is 6.92 Å². The summed E-state index contributed by atoms with van der Waals surface area (Å²) in [5.74, 6) is 0.881. The van der Waals surface area contributed by atoms with Gasteiger partial charge >= 0.3 is 0 Å². The van der Waals surface area contributed by atoms with Crippen molar-refractivity contribution in [2.75, 3.05) is 31.8 Å². The summed E-state index contributed by atoms with van der Waals surface area (Å²) in [4.78, 5) is 14.7. The summed E-state index contributed by atoms with van der Waals surface area (Å²) in [7, 11) is 1.95. The van der Waals surface area contributed by atoms with Crippen LogP contribution in [0.1, 0.15) is 45.6 Å². The van der Waals surface area contributed by atoms with E-state index in [1.807, 2.05) is 44.0 Å². The lowest BCUT2D eigenvalue weighted by molar-refractivity contribution is -0.124. The Kier molecular flexibility index (Phi) is 9.17. The summed E-state index contributed by atoms with van der Waals surface area (Å²) in [6.45, 7) is 7.06. The summed E-state index contributed by atoms with van der Waals surface area (Å²) in [6.07, 6.45) is 3.50. The topological polar surface area (TPSA) is 71.0 Å². The van der Waals surface area contributed by atoms with Gasteiger partial charge in [0.2, 0.25) is 5.91 Å². The van der Waals surface area contributed by atoms with Crippen molar-refractivity contribution in [2.45, 2.75) is 58.5 Å². The summed E-state index contributed by atoms with van der Waals surface area (Å²) >= 11 is 4.89. The number of unbranched alkanes of at least 4 members (excludes halogenated alkanes) is 2. The predicted octanol–water partition coefficient (Wildman–Crippen LogP) is 3.09. The molecule has 0 spiro atoms. The number of hydrogen-bond donors (Lipinski definition) is 2. The first-order chi connectivity index (χ1) is 13.8. The van der Waals surface area contributed by atoms with Crippen molar-refractivity contribution < 1.29 is 19.4 Å². The van der Waals surface area contributed by atoms with Gasteiger partial charge in [0.15, 0.2) is 5.05 Å². The number of nitrogens with one attached hydrogen (secondary N) is 1. The number of fused-ring (bicyclic) bond motifs is 1. The third kappa shape index (κ3) is 6.85. The molecule has 1 unspecified atom stereocenters. The van der Waals surface area contributed by atoms with Gasteiger partial charge < -0.3 is 24.8 Å². The van der Waals surface area contributed by atoms with Gasteiger partial charge in [0.05, 0.1) is 25.9 Å². The van der Waals surface area contributed by atoms with Crippen molar-refractivity contribution in [1.29, 1.82) is 0 Å². The Bertz CT molecular complexity index is 695. The van der Waals surface area contributed by atoms with Crippen LogP contribution in [-0.2, 0) is 16.0 Å². The molecule has 6 nitrogen and oxygen atoms in total. The summed E-state index contributed by atoms with van der Waals surface area (Å²) in [5, 5.41) is 13.2. The Morgan fingerprint density at radius 1 is 1.31 bits per heavy atom. The number of nitrogens with zero attached hydrogens (tertiary/aromatic N) is 1. The van der Waals surface area contributed by atoms with Crippen LogP contribution in [0.25, 0.3) is 0 Å². The third-order valence-corrected chi connectivity index (χ3v) is 5.27. The molecule has 1 aliphatic rings. The van der Waals surface area contributed by atoms with E-state index in [4.69, 9.17) is 21.7 Å². The van der Waals surface area contributed by atoms with Gasteiger partial charge in [0.1, 0.15) is 11.8 Å². The zero-order valence-corrected chi connectivity index (χ0v) is 18.8. The normalized spacial score (nSPS) is 19.2. The molecule has 1 aliphatic heterocycles. The lowest BCUT2D eigenvalue weighted by atomic mass is 9.95. The number of likely N-dealkylation sites (N-methyl/N-ethyl adjacent to an activating group) is 1. The molecular weight excluding hydrogens is 388 g/mol. The van der Waals surface area contributed by atoms with E-state index >= 15 is 0 Å². The van der Waals surface area contributed by atoms with E-state index in [1.165, 1.54) is 0 Å². The van der Waals surface area contributed by atoms with Gasteiger partial charge in [-0.1, -0.05) is 19.9 Å². The minimum absolute atomic E-state index is 0.0488. The minimum atomic E-state index is -0.303. The van der Waals surface area contributed by atoms with Crippen molar-refractivity contribution in [3.63, 3.8) is 0 Å². The average Bonchev–Trinajstić information content (AvgIpc) is 2.66. The maximum Gasteiger partial charge on any atom is 0.243 e. The number of carbonyl (C=O) groups is 1. The SMILES string of the molecule is CC(=S)OCCCCCOc1ccc2c(c1)N(C)[C@@H](C(C)C)C(=O)NC(CO)C2. The molecule has 0 saturated carbocycles. The van der Waals surface area contributed by atoms with Crippen LogP contribution >= 0.6 is 12.2 Å². The number of anilines is 1. The lowest BCUT2D eigenvalue weighted by Crippen LogP contribution is -2.54. The molecule has 2 N–H and O–H groups in total. The Balaban J connectivity index is 2.04. The van der Waals surface area contributed by atoms with Crippen LogP contribution in [0, 0.1) is 5.92 Å². The van der Waals surface area contributed by atoms with Crippen LogP contribution in [0.5, 0.6) is 5.75 Å². The molecule has 0 aliphatic carbocycles. The standard InChI is InChI=1S/C22H34N2O4S/c1-15(2)21-22(26)23-18(14-25)12-17-8-9-19(13-20(17)24(21)4)28-11-7-5-6-10-27-16(3)29/h8-9,13,15,18,21,25H,5-7,10-12,14H2,1-4H3,(H,23,26)/t18?,21-/m0/s1. The molecule has 0 bridgehead atoms. The molecule has 29 heavy (non-hydrogen) atoms. The second-order valence-corrected chi connectivity index (χ2v) is 8.51. The summed E-state index contributed by atoms with van der Waals surface area (Å²) in [6, 6.07) is 5.43. The van der Waals surface area contributed by atoms with Crippen LogP contribution in [0.4, 0.5) is 5.69 Å². The van der Waals surface area contributed by atoms with Gasteiger partial charge in [-0.15, -0.1) is 0 Å². The molecule has 1 aromatic rings. The van der Waals surface area contributed by atoms with Crippen LogP contribution in [-0.4, -0.2) is 55.0 Å². The second kappa shape index (κ2) is 11.4. The molecule has 0 aromatic heterocycles. The number of thiocarbonyl (C=S) groups is 1. The van der Waals surface area contributed by atoms with Gasteiger partial charge in [-0.05, 0) is 55.4 Å². The van der Waals surface area contributed by atoms with Crippen molar-refractivity contribution in [3.05, 3.63) is 23.8 Å². The Morgan fingerprint density at radius 2 is 2.03 bits per heavy atom. The highest BCUT2D eigenvalue weighted by Gasteiger charge is 2.32. The highest BCUT2D eigenvalue weighted by Crippen LogP contribution is 2.31. The summed E-state index contributed by atoms with van der Waals surface area (Å²) in [5.41, 5.74) is 2.08. The number of amides is 1. The van der Waals surface area contributed by atoms with Crippen molar-refractivity contribution >= 4 is 28.9 Å². The lowest BCUT2D eigenvalue weighted by Gasteiger charge is -2.37. The van der Waals surface area contributed by atoms with Crippen LogP contribution in [0.2, 0.25) is 0 Å². The second-order valence-electron chi connectivity index (χ2n) is 7.93. The largest absolute Gasteiger partial charge is 0.494 e. The van der Waals surface area contributed by atoms with E-state index in [9.17, 15) is 9.90 Å². The van der Waals surface area contributed by atoms with Crippen molar-refractivity contribution in [2.24, 2.45) is 5.92 Å². The first-order valence-corrected chi connectivity index (χ1v) is 10.8. The third-order valence-electron chi connectivity index (χ3n) is 5.15.